The Morgan fingerprint density at radius 1 is 1.14 bits per heavy atom. The molecular weight excluding hydrogens is 388 g/mol. The first-order chi connectivity index (χ1) is 13.8. The molecule has 29 heavy (non-hydrogen) atoms. The minimum atomic E-state index is 0. The van der Waals surface area contributed by atoms with Gasteiger partial charge in [0.2, 0.25) is 5.91 Å². The number of nitrogens with one attached hydrogen (secondary N) is 3. The first-order valence-corrected chi connectivity index (χ1v) is 10.9. The minimum Gasteiger partial charge on any atom is -0.379 e. The fourth-order valence-corrected chi connectivity index (χ4v) is 5.02. The molecule has 1 aromatic rings. The van der Waals surface area contributed by atoms with Crippen molar-refractivity contribution in [1.29, 1.82) is 0 Å². The molecule has 1 saturated carbocycles. The van der Waals surface area contributed by atoms with Crippen molar-refractivity contribution in [3.63, 3.8) is 0 Å². The van der Waals surface area contributed by atoms with Gasteiger partial charge in [-0.2, -0.15) is 0 Å². The molecule has 1 amide bonds. The van der Waals surface area contributed by atoms with E-state index >= 15 is 0 Å². The van der Waals surface area contributed by atoms with Crippen LogP contribution in [0, 0.1) is 5.92 Å². The lowest BCUT2D eigenvalue weighted by atomic mass is 9.92. The number of nitrogens with zero attached hydrogens (tertiary/aromatic N) is 1. The molecule has 0 bridgehead atoms. The monoisotopic (exact) mass is 422 g/mol. The second-order valence-electron chi connectivity index (χ2n) is 8.47. The van der Waals surface area contributed by atoms with Crippen molar-refractivity contribution in [1.82, 2.24) is 15.5 Å². The highest BCUT2D eigenvalue weighted by Crippen LogP contribution is 2.30. The van der Waals surface area contributed by atoms with Crippen LogP contribution in [0.25, 0.3) is 0 Å². The second-order valence-corrected chi connectivity index (χ2v) is 8.47. The van der Waals surface area contributed by atoms with E-state index in [2.05, 4.69) is 20.9 Å². The topological polar surface area (TPSA) is 65.6 Å². The van der Waals surface area contributed by atoms with Crippen molar-refractivity contribution in [3.8, 4) is 0 Å². The number of amides is 1. The first kappa shape index (κ1) is 22.5. The third kappa shape index (κ3) is 6.40. The van der Waals surface area contributed by atoms with Gasteiger partial charge in [-0.25, -0.2) is 0 Å². The highest BCUT2D eigenvalue weighted by atomic mass is 35.5. The number of piperidine rings is 1. The Labute approximate surface area is 180 Å². The van der Waals surface area contributed by atoms with Crippen molar-refractivity contribution in [2.24, 2.45) is 5.92 Å². The zero-order valence-electron chi connectivity index (χ0n) is 17.1. The lowest BCUT2D eigenvalue weighted by Gasteiger charge is -2.37. The summed E-state index contributed by atoms with van der Waals surface area (Å²) in [5.74, 6) is 0.770. The Kier molecular flexibility index (Phi) is 8.75. The molecule has 3 atom stereocenters. The zero-order chi connectivity index (χ0) is 19.2. The van der Waals surface area contributed by atoms with Crippen LogP contribution in [-0.2, 0) is 9.53 Å². The van der Waals surface area contributed by atoms with Crippen molar-refractivity contribution in [3.05, 3.63) is 30.3 Å². The molecule has 6 nitrogen and oxygen atoms in total. The number of para-hydroxylation sites is 1. The number of carbonyl (C=O) groups excluding carboxylic acids is 1. The summed E-state index contributed by atoms with van der Waals surface area (Å²) >= 11 is 0. The van der Waals surface area contributed by atoms with Gasteiger partial charge >= 0.3 is 0 Å². The van der Waals surface area contributed by atoms with Gasteiger partial charge in [0.25, 0.3) is 0 Å². The first-order valence-electron chi connectivity index (χ1n) is 10.9. The van der Waals surface area contributed by atoms with Crippen LogP contribution in [0.15, 0.2) is 30.3 Å². The van der Waals surface area contributed by atoms with Gasteiger partial charge in [0.1, 0.15) is 0 Å². The van der Waals surface area contributed by atoms with Crippen molar-refractivity contribution in [2.75, 3.05) is 44.7 Å². The van der Waals surface area contributed by atoms with E-state index in [9.17, 15) is 4.79 Å². The van der Waals surface area contributed by atoms with E-state index in [1.165, 1.54) is 19.3 Å². The maximum Gasteiger partial charge on any atom is 0.238 e. The standard InChI is InChI=1S/C22H34N4O2.ClH/c27-22(25-17-5-2-1-3-6-17)15-26-12-9-18(10-13-26)24-20-8-4-7-19(20)21-16-28-14-11-23-21;/h1-3,5-6,18-21,23-24H,4,7-16H2,(H,25,27);1H. The molecule has 3 unspecified atom stereocenters. The van der Waals surface area contributed by atoms with Crippen LogP contribution in [0.2, 0.25) is 0 Å². The average Bonchev–Trinajstić information content (AvgIpc) is 3.19. The normalized spacial score (nSPS) is 28.6. The molecular formula is C22H35ClN4O2. The Hall–Kier alpha value is -1.18. The fourth-order valence-electron chi connectivity index (χ4n) is 5.02. The molecule has 4 rings (SSSR count). The number of benzene rings is 1. The molecule has 0 radical (unpaired) electrons. The smallest absolute Gasteiger partial charge is 0.238 e. The summed E-state index contributed by atoms with van der Waals surface area (Å²) < 4.78 is 5.69. The van der Waals surface area contributed by atoms with Gasteiger partial charge in [0.05, 0.1) is 19.8 Å². The van der Waals surface area contributed by atoms with Crippen LogP contribution in [-0.4, -0.2) is 68.3 Å². The summed E-state index contributed by atoms with van der Waals surface area (Å²) in [6.45, 7) is 5.15. The van der Waals surface area contributed by atoms with Crippen LogP contribution in [0.3, 0.4) is 0 Å². The summed E-state index contributed by atoms with van der Waals surface area (Å²) in [4.78, 5) is 14.5. The van der Waals surface area contributed by atoms with E-state index in [4.69, 9.17) is 4.74 Å². The number of hydrogen-bond acceptors (Lipinski definition) is 5. The van der Waals surface area contributed by atoms with Crippen LogP contribution in [0.4, 0.5) is 5.69 Å². The molecule has 2 heterocycles. The van der Waals surface area contributed by atoms with Gasteiger partial charge in [0.15, 0.2) is 0 Å². The molecule has 2 aliphatic heterocycles. The molecule has 0 aromatic heterocycles. The number of ether oxygens (including phenoxy) is 1. The van der Waals surface area contributed by atoms with E-state index in [-0.39, 0.29) is 18.3 Å². The van der Waals surface area contributed by atoms with E-state index in [1.807, 2.05) is 30.3 Å². The van der Waals surface area contributed by atoms with E-state index < -0.39 is 0 Å². The van der Waals surface area contributed by atoms with Gasteiger partial charge in [-0.1, -0.05) is 24.6 Å². The Balaban J connectivity index is 0.00000240. The third-order valence-electron chi connectivity index (χ3n) is 6.50. The van der Waals surface area contributed by atoms with E-state index in [0.29, 0.717) is 30.6 Å². The van der Waals surface area contributed by atoms with E-state index in [1.54, 1.807) is 0 Å². The van der Waals surface area contributed by atoms with E-state index in [0.717, 1.165) is 51.4 Å². The van der Waals surface area contributed by atoms with Crippen LogP contribution >= 0.6 is 12.4 Å². The second kappa shape index (κ2) is 11.3. The number of morpholine rings is 1. The fraction of sp³-hybridized carbons (Fsp3) is 0.682. The highest BCUT2D eigenvalue weighted by molar-refractivity contribution is 5.92. The van der Waals surface area contributed by atoms with Crippen molar-refractivity contribution >= 4 is 24.0 Å². The maximum absolute atomic E-state index is 12.3. The lowest BCUT2D eigenvalue weighted by molar-refractivity contribution is -0.117. The van der Waals surface area contributed by atoms with Crippen LogP contribution < -0.4 is 16.0 Å². The van der Waals surface area contributed by atoms with Gasteiger partial charge < -0.3 is 20.7 Å². The molecule has 0 spiro atoms. The number of rotatable bonds is 6. The molecule has 162 valence electrons. The molecule has 7 heteroatoms. The quantitative estimate of drug-likeness (QED) is 0.656. The molecule has 3 N–H and O–H groups in total. The van der Waals surface area contributed by atoms with Gasteiger partial charge in [-0.3, -0.25) is 9.69 Å². The average molecular weight is 423 g/mol. The zero-order valence-corrected chi connectivity index (χ0v) is 18.0. The molecule has 3 fully saturated rings. The van der Waals surface area contributed by atoms with Crippen molar-refractivity contribution < 1.29 is 9.53 Å². The summed E-state index contributed by atoms with van der Waals surface area (Å²) in [7, 11) is 0. The number of carbonyl (C=O) groups is 1. The summed E-state index contributed by atoms with van der Waals surface area (Å²) in [5.41, 5.74) is 0.872. The summed E-state index contributed by atoms with van der Waals surface area (Å²) in [6.07, 6.45) is 6.14. The van der Waals surface area contributed by atoms with Crippen LogP contribution in [0.1, 0.15) is 32.1 Å². The molecule has 3 aliphatic rings. The number of anilines is 1. The summed E-state index contributed by atoms with van der Waals surface area (Å²) in [5, 5.41) is 10.6. The number of halogens is 1. The van der Waals surface area contributed by atoms with Crippen LogP contribution in [0.5, 0.6) is 0 Å². The molecule has 1 aliphatic carbocycles. The van der Waals surface area contributed by atoms with Gasteiger partial charge in [-0.05, 0) is 43.7 Å². The minimum absolute atomic E-state index is 0. The SMILES string of the molecule is Cl.O=C(CN1CCC(NC2CCCC2C2COCCN2)CC1)Nc1ccccc1. The van der Waals surface area contributed by atoms with Gasteiger partial charge in [0, 0.05) is 43.4 Å². The van der Waals surface area contributed by atoms with Gasteiger partial charge in [-0.15, -0.1) is 12.4 Å². The predicted molar refractivity (Wildman–Crippen MR) is 119 cm³/mol. The molecule has 1 aromatic carbocycles. The number of likely N-dealkylation sites (tertiary alicyclic amines) is 1. The summed E-state index contributed by atoms with van der Waals surface area (Å²) in [6, 6.07) is 11.4. The number of hydrogen-bond donors (Lipinski definition) is 3. The maximum atomic E-state index is 12.3. The predicted octanol–water partition coefficient (Wildman–Crippen LogP) is 2.26. The molecule has 2 saturated heterocycles. The Morgan fingerprint density at radius 2 is 1.93 bits per heavy atom. The Morgan fingerprint density at radius 3 is 2.66 bits per heavy atom. The lowest BCUT2D eigenvalue weighted by Crippen LogP contribution is -2.54. The van der Waals surface area contributed by atoms with Crippen molar-refractivity contribution in [2.45, 2.75) is 50.2 Å². The third-order valence-corrected chi connectivity index (χ3v) is 6.50. The Bertz CT molecular complexity index is 618. The highest BCUT2D eigenvalue weighted by Gasteiger charge is 2.36. The largest absolute Gasteiger partial charge is 0.379 e.